The van der Waals surface area contributed by atoms with Gasteiger partial charge in [-0.05, 0) is 38.5 Å². The number of ether oxygens (including phenoxy) is 1. The molecule has 1 aromatic rings. The molecule has 0 unspecified atom stereocenters. The molecule has 106 valence electrons. The first-order valence-electron chi connectivity index (χ1n) is 7.39. The van der Waals surface area contributed by atoms with Crippen LogP contribution in [0.25, 0.3) is 0 Å². The standard InChI is InChI=1S/C15H25N3O/c1-4-19-15-9-14(17-12(3)18-15)16-10-13-7-5-11(2)6-8-13/h9,11,13H,4-8,10H2,1-3H3,(H,16,17,18). The highest BCUT2D eigenvalue weighted by Gasteiger charge is 2.18. The number of nitrogens with zero attached hydrogens (tertiary/aromatic N) is 2. The number of nitrogens with one attached hydrogen (secondary N) is 1. The van der Waals surface area contributed by atoms with Crippen molar-refractivity contribution < 1.29 is 4.74 Å². The molecular formula is C15H25N3O. The first-order chi connectivity index (χ1) is 9.17. The van der Waals surface area contributed by atoms with E-state index in [-0.39, 0.29) is 0 Å². The average Bonchev–Trinajstić information content (AvgIpc) is 2.38. The predicted molar refractivity (Wildman–Crippen MR) is 77.5 cm³/mol. The molecule has 19 heavy (non-hydrogen) atoms. The van der Waals surface area contributed by atoms with Gasteiger partial charge in [0.15, 0.2) is 0 Å². The number of aromatic nitrogens is 2. The second-order valence-corrected chi connectivity index (χ2v) is 5.58. The molecule has 0 aromatic carbocycles. The summed E-state index contributed by atoms with van der Waals surface area (Å²) < 4.78 is 5.44. The molecule has 0 aliphatic heterocycles. The van der Waals surface area contributed by atoms with Crippen LogP contribution >= 0.6 is 0 Å². The number of hydrogen-bond donors (Lipinski definition) is 1. The zero-order chi connectivity index (χ0) is 13.7. The summed E-state index contributed by atoms with van der Waals surface area (Å²) >= 11 is 0. The zero-order valence-electron chi connectivity index (χ0n) is 12.3. The first-order valence-corrected chi connectivity index (χ1v) is 7.39. The molecule has 2 rings (SSSR count). The molecule has 0 atom stereocenters. The van der Waals surface area contributed by atoms with Crippen LogP contribution in [0.4, 0.5) is 5.82 Å². The zero-order valence-corrected chi connectivity index (χ0v) is 12.3. The van der Waals surface area contributed by atoms with Crippen molar-refractivity contribution >= 4 is 5.82 Å². The van der Waals surface area contributed by atoms with E-state index in [0.717, 1.165) is 30.0 Å². The first kappa shape index (κ1) is 14.1. The molecule has 1 heterocycles. The van der Waals surface area contributed by atoms with Crippen LogP contribution in [0.15, 0.2) is 6.07 Å². The second-order valence-electron chi connectivity index (χ2n) is 5.58. The van der Waals surface area contributed by atoms with Crippen molar-refractivity contribution in [2.75, 3.05) is 18.5 Å². The summed E-state index contributed by atoms with van der Waals surface area (Å²) in [4.78, 5) is 8.67. The topological polar surface area (TPSA) is 47.0 Å². The normalized spacial score (nSPS) is 23.1. The molecule has 1 aliphatic rings. The van der Waals surface area contributed by atoms with Crippen LogP contribution in [0.3, 0.4) is 0 Å². The largest absolute Gasteiger partial charge is 0.478 e. The third-order valence-electron chi connectivity index (χ3n) is 3.81. The highest BCUT2D eigenvalue weighted by molar-refractivity contribution is 5.38. The molecule has 0 bridgehead atoms. The quantitative estimate of drug-likeness (QED) is 0.884. The molecule has 0 amide bonds. The van der Waals surface area contributed by atoms with Crippen molar-refractivity contribution in [3.63, 3.8) is 0 Å². The lowest BCUT2D eigenvalue weighted by Crippen LogP contribution is -2.20. The monoisotopic (exact) mass is 263 g/mol. The van der Waals surface area contributed by atoms with E-state index >= 15 is 0 Å². The van der Waals surface area contributed by atoms with E-state index in [1.807, 2.05) is 19.9 Å². The molecule has 1 N–H and O–H groups in total. The van der Waals surface area contributed by atoms with Crippen molar-refractivity contribution in [1.29, 1.82) is 0 Å². The Kier molecular flexibility index (Phi) is 5.00. The van der Waals surface area contributed by atoms with E-state index in [4.69, 9.17) is 4.74 Å². The fraction of sp³-hybridized carbons (Fsp3) is 0.733. The van der Waals surface area contributed by atoms with E-state index < -0.39 is 0 Å². The van der Waals surface area contributed by atoms with E-state index in [9.17, 15) is 0 Å². The lowest BCUT2D eigenvalue weighted by molar-refractivity contribution is 0.300. The van der Waals surface area contributed by atoms with Gasteiger partial charge in [-0.2, -0.15) is 4.98 Å². The Morgan fingerprint density at radius 2 is 2.00 bits per heavy atom. The molecule has 1 fully saturated rings. The van der Waals surface area contributed by atoms with Crippen LogP contribution in [0.1, 0.15) is 45.4 Å². The summed E-state index contributed by atoms with van der Waals surface area (Å²) in [6, 6.07) is 1.89. The van der Waals surface area contributed by atoms with Gasteiger partial charge in [-0.25, -0.2) is 4.98 Å². The minimum atomic E-state index is 0.635. The number of hydrogen-bond acceptors (Lipinski definition) is 4. The SMILES string of the molecule is CCOc1cc(NCC2CCC(C)CC2)nc(C)n1. The maximum atomic E-state index is 5.44. The fourth-order valence-electron chi connectivity index (χ4n) is 2.63. The predicted octanol–water partition coefficient (Wildman–Crippen LogP) is 3.42. The maximum Gasteiger partial charge on any atom is 0.218 e. The molecule has 0 saturated heterocycles. The minimum absolute atomic E-state index is 0.635. The summed E-state index contributed by atoms with van der Waals surface area (Å²) in [5.74, 6) is 3.99. The molecule has 0 spiro atoms. The summed E-state index contributed by atoms with van der Waals surface area (Å²) in [6.45, 7) is 7.86. The minimum Gasteiger partial charge on any atom is -0.478 e. The van der Waals surface area contributed by atoms with E-state index in [1.165, 1.54) is 25.7 Å². The van der Waals surface area contributed by atoms with Crippen molar-refractivity contribution in [2.45, 2.75) is 46.5 Å². The number of rotatable bonds is 5. The van der Waals surface area contributed by atoms with Gasteiger partial charge in [-0.1, -0.05) is 19.8 Å². The Hall–Kier alpha value is -1.32. The fourth-order valence-corrected chi connectivity index (χ4v) is 2.63. The van der Waals surface area contributed by atoms with E-state index in [1.54, 1.807) is 0 Å². The average molecular weight is 263 g/mol. The molecule has 4 heteroatoms. The van der Waals surface area contributed by atoms with Gasteiger partial charge < -0.3 is 10.1 Å². The Morgan fingerprint density at radius 1 is 1.26 bits per heavy atom. The maximum absolute atomic E-state index is 5.44. The highest BCUT2D eigenvalue weighted by Crippen LogP contribution is 2.28. The van der Waals surface area contributed by atoms with Crippen LogP contribution in [-0.4, -0.2) is 23.1 Å². The van der Waals surface area contributed by atoms with Gasteiger partial charge in [-0.3, -0.25) is 0 Å². The van der Waals surface area contributed by atoms with Crippen molar-refractivity contribution in [3.8, 4) is 5.88 Å². The third kappa shape index (κ3) is 4.37. The van der Waals surface area contributed by atoms with E-state index in [0.29, 0.717) is 12.5 Å². The number of aryl methyl sites for hydroxylation is 1. The van der Waals surface area contributed by atoms with Gasteiger partial charge >= 0.3 is 0 Å². The molecule has 1 saturated carbocycles. The smallest absolute Gasteiger partial charge is 0.218 e. The summed E-state index contributed by atoms with van der Waals surface area (Å²) in [6.07, 6.45) is 5.38. The lowest BCUT2D eigenvalue weighted by Gasteiger charge is -2.26. The van der Waals surface area contributed by atoms with Crippen molar-refractivity contribution in [3.05, 3.63) is 11.9 Å². The molecular weight excluding hydrogens is 238 g/mol. The van der Waals surface area contributed by atoms with Crippen LogP contribution in [0.5, 0.6) is 5.88 Å². The lowest BCUT2D eigenvalue weighted by atomic mass is 9.83. The van der Waals surface area contributed by atoms with Gasteiger partial charge in [-0.15, -0.1) is 0 Å². The molecule has 1 aliphatic carbocycles. The molecule has 1 aromatic heterocycles. The summed E-state index contributed by atoms with van der Waals surface area (Å²) in [5.41, 5.74) is 0. The molecule has 0 radical (unpaired) electrons. The highest BCUT2D eigenvalue weighted by atomic mass is 16.5. The molecule has 4 nitrogen and oxygen atoms in total. The Labute approximate surface area is 116 Å². The summed E-state index contributed by atoms with van der Waals surface area (Å²) in [7, 11) is 0. The van der Waals surface area contributed by atoms with Crippen LogP contribution in [-0.2, 0) is 0 Å². The van der Waals surface area contributed by atoms with Crippen LogP contribution in [0.2, 0.25) is 0 Å². The third-order valence-corrected chi connectivity index (χ3v) is 3.81. The Morgan fingerprint density at radius 3 is 2.68 bits per heavy atom. The van der Waals surface area contributed by atoms with Gasteiger partial charge in [0.2, 0.25) is 5.88 Å². The van der Waals surface area contributed by atoms with Gasteiger partial charge in [0.05, 0.1) is 6.61 Å². The second kappa shape index (κ2) is 6.73. The number of anilines is 1. The Balaban J connectivity index is 1.88. The van der Waals surface area contributed by atoms with Crippen molar-refractivity contribution in [1.82, 2.24) is 9.97 Å². The van der Waals surface area contributed by atoms with Gasteiger partial charge in [0, 0.05) is 12.6 Å². The van der Waals surface area contributed by atoms with Crippen LogP contribution in [0, 0.1) is 18.8 Å². The van der Waals surface area contributed by atoms with Gasteiger partial charge in [0.1, 0.15) is 11.6 Å². The van der Waals surface area contributed by atoms with E-state index in [2.05, 4.69) is 22.2 Å². The summed E-state index contributed by atoms with van der Waals surface area (Å²) in [5, 5.41) is 3.44. The van der Waals surface area contributed by atoms with Crippen molar-refractivity contribution in [2.24, 2.45) is 11.8 Å². The Bertz CT molecular complexity index is 400. The van der Waals surface area contributed by atoms with Gasteiger partial charge in [0.25, 0.3) is 0 Å². The van der Waals surface area contributed by atoms with Crippen LogP contribution < -0.4 is 10.1 Å².